The number of methoxy groups -OCH3 is 1. The van der Waals surface area contributed by atoms with Crippen LogP contribution >= 0.6 is 0 Å². The number of carbonyl (C=O) groups excluding carboxylic acids is 1. The summed E-state index contributed by atoms with van der Waals surface area (Å²) in [7, 11) is 1.44. The van der Waals surface area contributed by atoms with Gasteiger partial charge in [-0.1, -0.05) is 0 Å². The topological polar surface area (TPSA) is 44.8 Å². The van der Waals surface area contributed by atoms with Crippen molar-refractivity contribution in [1.29, 1.82) is 0 Å². The van der Waals surface area contributed by atoms with E-state index >= 15 is 0 Å². The van der Waals surface area contributed by atoms with Crippen molar-refractivity contribution in [3.05, 3.63) is 29.6 Å². The van der Waals surface area contributed by atoms with Gasteiger partial charge in [0.25, 0.3) is 0 Å². The van der Waals surface area contributed by atoms with Crippen molar-refractivity contribution in [2.75, 3.05) is 20.3 Å². The fourth-order valence-corrected chi connectivity index (χ4v) is 1.52. The van der Waals surface area contributed by atoms with E-state index in [4.69, 9.17) is 14.2 Å². The molecular weight excluding hydrogens is 239 g/mol. The number of ether oxygens (including phenoxy) is 3. The van der Waals surface area contributed by atoms with Gasteiger partial charge >= 0.3 is 5.97 Å². The highest BCUT2D eigenvalue weighted by atomic mass is 19.1. The molecule has 4 nitrogen and oxygen atoms in total. The van der Waals surface area contributed by atoms with Crippen LogP contribution in [-0.4, -0.2) is 26.3 Å². The zero-order valence-corrected chi connectivity index (χ0v) is 10.7. The van der Waals surface area contributed by atoms with Gasteiger partial charge in [-0.15, -0.1) is 0 Å². The monoisotopic (exact) mass is 256 g/mol. The molecule has 0 fully saturated rings. The molecule has 0 spiro atoms. The molecule has 18 heavy (non-hydrogen) atoms. The van der Waals surface area contributed by atoms with Crippen molar-refractivity contribution < 1.29 is 23.4 Å². The SMILES string of the molecule is CCOC(=O)[C@@H](OCC)c1ccc(OC)cc1F. The summed E-state index contributed by atoms with van der Waals surface area (Å²) in [4.78, 5) is 11.7. The van der Waals surface area contributed by atoms with Crippen molar-refractivity contribution in [3.63, 3.8) is 0 Å². The second-order valence-corrected chi connectivity index (χ2v) is 3.47. The summed E-state index contributed by atoms with van der Waals surface area (Å²) in [6, 6.07) is 4.25. The smallest absolute Gasteiger partial charge is 0.340 e. The lowest BCUT2D eigenvalue weighted by Gasteiger charge is -2.16. The Labute approximate surface area is 106 Å². The summed E-state index contributed by atoms with van der Waals surface area (Å²) in [6.45, 7) is 3.92. The van der Waals surface area contributed by atoms with Crippen molar-refractivity contribution in [3.8, 4) is 5.75 Å². The van der Waals surface area contributed by atoms with Crippen molar-refractivity contribution >= 4 is 5.97 Å². The normalized spacial score (nSPS) is 12.0. The van der Waals surface area contributed by atoms with Crippen LogP contribution in [0.15, 0.2) is 18.2 Å². The highest BCUT2D eigenvalue weighted by molar-refractivity contribution is 5.76. The minimum absolute atomic E-state index is 0.149. The molecule has 0 bridgehead atoms. The van der Waals surface area contributed by atoms with Crippen LogP contribution in [0.1, 0.15) is 25.5 Å². The van der Waals surface area contributed by atoms with Crippen molar-refractivity contribution in [2.24, 2.45) is 0 Å². The molecule has 0 heterocycles. The van der Waals surface area contributed by atoms with E-state index < -0.39 is 17.9 Å². The number of hydrogen-bond donors (Lipinski definition) is 0. The Morgan fingerprint density at radius 2 is 2.06 bits per heavy atom. The second-order valence-electron chi connectivity index (χ2n) is 3.47. The van der Waals surface area contributed by atoms with Gasteiger partial charge in [-0.25, -0.2) is 9.18 Å². The number of carbonyl (C=O) groups is 1. The van der Waals surface area contributed by atoms with Crippen molar-refractivity contribution in [2.45, 2.75) is 20.0 Å². The zero-order chi connectivity index (χ0) is 13.5. The molecule has 1 atom stereocenters. The molecule has 0 radical (unpaired) electrons. The third kappa shape index (κ3) is 3.43. The first-order chi connectivity index (χ1) is 8.63. The Balaban J connectivity index is 3.01. The molecule has 5 heteroatoms. The number of rotatable bonds is 6. The fraction of sp³-hybridized carbons (Fsp3) is 0.462. The van der Waals surface area contributed by atoms with Crippen LogP contribution in [0, 0.1) is 5.82 Å². The molecule has 0 aliphatic carbocycles. The molecule has 0 aromatic heterocycles. The molecule has 1 aromatic carbocycles. The van der Waals surface area contributed by atoms with Crippen LogP contribution in [0.5, 0.6) is 5.75 Å². The molecule has 0 aliphatic heterocycles. The minimum atomic E-state index is -1.04. The molecule has 0 N–H and O–H groups in total. The van der Waals surface area contributed by atoms with E-state index in [2.05, 4.69) is 0 Å². The third-order valence-electron chi connectivity index (χ3n) is 2.32. The summed E-state index contributed by atoms with van der Waals surface area (Å²) in [5.74, 6) is -0.764. The quantitative estimate of drug-likeness (QED) is 0.733. The van der Waals surface area contributed by atoms with Gasteiger partial charge in [-0.2, -0.15) is 0 Å². The van der Waals surface area contributed by atoms with Crippen molar-refractivity contribution in [1.82, 2.24) is 0 Å². The molecule has 1 rings (SSSR count). The standard InChI is InChI=1S/C13H17FO4/c1-4-17-12(13(15)18-5-2)10-7-6-9(16-3)8-11(10)14/h6-8,12H,4-5H2,1-3H3/t12-/m0/s1. The fourth-order valence-electron chi connectivity index (χ4n) is 1.52. The molecule has 0 unspecified atom stereocenters. The lowest BCUT2D eigenvalue weighted by Crippen LogP contribution is -2.20. The summed E-state index contributed by atoms with van der Waals surface area (Å²) >= 11 is 0. The molecule has 0 amide bonds. The maximum Gasteiger partial charge on any atom is 0.340 e. The van der Waals surface area contributed by atoms with Crippen LogP contribution < -0.4 is 4.74 Å². The van der Waals surface area contributed by atoms with E-state index in [0.717, 1.165) is 0 Å². The highest BCUT2D eigenvalue weighted by Gasteiger charge is 2.25. The first kappa shape index (κ1) is 14.4. The number of benzene rings is 1. The summed E-state index contributed by atoms with van der Waals surface area (Å²) < 4.78 is 28.8. The average molecular weight is 256 g/mol. The van der Waals surface area contributed by atoms with Crippen LogP contribution in [0.3, 0.4) is 0 Å². The maximum atomic E-state index is 13.8. The van der Waals surface area contributed by atoms with Gasteiger partial charge in [0.2, 0.25) is 0 Å². The summed E-state index contributed by atoms with van der Waals surface area (Å²) in [6.07, 6.45) is -1.04. The zero-order valence-electron chi connectivity index (χ0n) is 10.7. The van der Waals surface area contributed by atoms with E-state index in [1.165, 1.54) is 19.2 Å². The number of halogens is 1. The molecule has 0 saturated heterocycles. The molecule has 0 aliphatic rings. The van der Waals surface area contributed by atoms with Gasteiger partial charge in [-0.3, -0.25) is 0 Å². The first-order valence-electron chi connectivity index (χ1n) is 5.75. The van der Waals surface area contributed by atoms with Crippen LogP contribution in [-0.2, 0) is 14.3 Å². The minimum Gasteiger partial charge on any atom is -0.497 e. The summed E-state index contributed by atoms with van der Waals surface area (Å²) in [5, 5.41) is 0. The first-order valence-corrected chi connectivity index (χ1v) is 5.75. The van der Waals surface area contributed by atoms with Crippen LogP contribution in [0.2, 0.25) is 0 Å². The Bertz CT molecular complexity index is 406. The predicted octanol–water partition coefficient (Wildman–Crippen LogP) is 2.48. The van der Waals surface area contributed by atoms with Gasteiger partial charge in [0, 0.05) is 18.2 Å². The molecule has 0 saturated carbocycles. The molecule has 100 valence electrons. The van der Waals surface area contributed by atoms with E-state index in [0.29, 0.717) is 5.75 Å². The van der Waals surface area contributed by atoms with Gasteiger partial charge in [-0.05, 0) is 26.0 Å². The van der Waals surface area contributed by atoms with E-state index in [-0.39, 0.29) is 18.8 Å². The van der Waals surface area contributed by atoms with Gasteiger partial charge in [0.15, 0.2) is 6.10 Å². The average Bonchev–Trinajstić information content (AvgIpc) is 2.36. The third-order valence-corrected chi connectivity index (χ3v) is 2.32. The molecular formula is C13H17FO4. The number of hydrogen-bond acceptors (Lipinski definition) is 4. The van der Waals surface area contributed by atoms with E-state index in [1.54, 1.807) is 19.9 Å². The summed E-state index contributed by atoms with van der Waals surface area (Å²) in [5.41, 5.74) is 0.149. The Morgan fingerprint density at radius 3 is 2.56 bits per heavy atom. The van der Waals surface area contributed by atoms with Crippen LogP contribution in [0.4, 0.5) is 4.39 Å². The number of esters is 1. The van der Waals surface area contributed by atoms with Gasteiger partial charge in [0.05, 0.1) is 13.7 Å². The Kier molecular flexibility index (Phi) is 5.58. The van der Waals surface area contributed by atoms with Gasteiger partial charge in [0.1, 0.15) is 11.6 Å². The Hall–Kier alpha value is -1.62. The predicted molar refractivity (Wildman–Crippen MR) is 64.0 cm³/mol. The maximum absolute atomic E-state index is 13.8. The Morgan fingerprint density at radius 1 is 1.33 bits per heavy atom. The molecule has 1 aromatic rings. The van der Waals surface area contributed by atoms with Gasteiger partial charge < -0.3 is 14.2 Å². The van der Waals surface area contributed by atoms with E-state index in [9.17, 15) is 9.18 Å². The highest BCUT2D eigenvalue weighted by Crippen LogP contribution is 2.25. The lowest BCUT2D eigenvalue weighted by molar-refractivity contribution is -0.157. The second kappa shape index (κ2) is 6.96. The van der Waals surface area contributed by atoms with Crippen LogP contribution in [0.25, 0.3) is 0 Å². The lowest BCUT2D eigenvalue weighted by atomic mass is 10.1. The van der Waals surface area contributed by atoms with E-state index in [1.807, 2.05) is 0 Å². The largest absolute Gasteiger partial charge is 0.497 e.